The highest BCUT2D eigenvalue weighted by Gasteiger charge is 2.36. The molecule has 2 aliphatic rings. The van der Waals surface area contributed by atoms with E-state index in [2.05, 4.69) is 4.90 Å². The lowest BCUT2D eigenvalue weighted by Gasteiger charge is -2.43. The number of carbonyl (C=O) groups is 1. The summed E-state index contributed by atoms with van der Waals surface area (Å²) >= 11 is 0. The molecule has 3 rings (SSSR count). The van der Waals surface area contributed by atoms with E-state index in [0.29, 0.717) is 19.1 Å². The van der Waals surface area contributed by atoms with Crippen molar-refractivity contribution in [1.29, 1.82) is 0 Å². The van der Waals surface area contributed by atoms with Crippen molar-refractivity contribution < 1.29 is 14.3 Å². The number of hydrogen-bond acceptors (Lipinski definition) is 3. The van der Waals surface area contributed by atoms with Crippen LogP contribution in [0.5, 0.6) is 5.75 Å². The van der Waals surface area contributed by atoms with E-state index in [0.717, 1.165) is 30.7 Å². The van der Waals surface area contributed by atoms with Gasteiger partial charge in [-0.15, -0.1) is 0 Å². The summed E-state index contributed by atoms with van der Waals surface area (Å²) in [5.41, 5.74) is 1.04. The molecule has 21 heavy (non-hydrogen) atoms. The molecule has 0 spiro atoms. The van der Waals surface area contributed by atoms with Crippen LogP contribution in [-0.4, -0.2) is 43.2 Å². The molecule has 0 unspecified atom stereocenters. The number of benzene rings is 1. The van der Waals surface area contributed by atoms with E-state index < -0.39 is 0 Å². The van der Waals surface area contributed by atoms with Crippen LogP contribution < -0.4 is 4.74 Å². The first-order valence-electron chi connectivity index (χ1n) is 7.82. The third-order valence-corrected chi connectivity index (χ3v) is 4.57. The smallest absolute Gasteiger partial charge is 0.227 e. The van der Waals surface area contributed by atoms with Crippen molar-refractivity contribution in [3.8, 4) is 5.75 Å². The minimum atomic E-state index is 0.223. The van der Waals surface area contributed by atoms with Crippen LogP contribution in [0.25, 0.3) is 0 Å². The number of amides is 1. The van der Waals surface area contributed by atoms with Gasteiger partial charge in [-0.3, -0.25) is 4.79 Å². The number of fused-ring (bicyclic) bond motifs is 1. The van der Waals surface area contributed by atoms with Crippen LogP contribution in [0.2, 0.25) is 0 Å². The van der Waals surface area contributed by atoms with Crippen molar-refractivity contribution in [2.75, 3.05) is 20.3 Å². The molecule has 1 aliphatic carbocycles. The zero-order valence-corrected chi connectivity index (χ0v) is 12.6. The number of rotatable bonds is 3. The van der Waals surface area contributed by atoms with Gasteiger partial charge in [0.1, 0.15) is 5.75 Å². The normalized spacial score (nSPS) is 25.3. The molecule has 1 heterocycles. The molecule has 2 fully saturated rings. The highest BCUT2D eigenvalue weighted by atomic mass is 16.5. The topological polar surface area (TPSA) is 38.8 Å². The maximum atomic E-state index is 12.6. The monoisotopic (exact) mass is 289 g/mol. The van der Waals surface area contributed by atoms with Crippen molar-refractivity contribution in [3.05, 3.63) is 29.8 Å². The molecule has 0 aromatic heterocycles. The number of morpholine rings is 1. The molecule has 2 atom stereocenters. The van der Waals surface area contributed by atoms with Gasteiger partial charge in [-0.05, 0) is 30.5 Å². The summed E-state index contributed by atoms with van der Waals surface area (Å²) in [7, 11) is 1.65. The van der Waals surface area contributed by atoms with Crippen LogP contribution in [0.3, 0.4) is 0 Å². The summed E-state index contributed by atoms with van der Waals surface area (Å²) < 4.78 is 11.0. The number of carbonyl (C=O) groups excluding carboxylic acids is 1. The molecule has 1 amide bonds. The zero-order valence-electron chi connectivity index (χ0n) is 12.6. The van der Waals surface area contributed by atoms with Crippen molar-refractivity contribution in [3.63, 3.8) is 0 Å². The first-order valence-corrected chi connectivity index (χ1v) is 7.82. The van der Waals surface area contributed by atoms with E-state index in [4.69, 9.17) is 9.47 Å². The highest BCUT2D eigenvalue weighted by molar-refractivity contribution is 5.79. The highest BCUT2D eigenvalue weighted by Crippen LogP contribution is 2.29. The Morgan fingerprint density at radius 3 is 2.81 bits per heavy atom. The molecular formula is C17H23NO3. The summed E-state index contributed by atoms with van der Waals surface area (Å²) in [6.07, 6.45) is 5.33. The first kappa shape index (κ1) is 14.4. The Balaban J connectivity index is 1.65. The molecule has 0 radical (unpaired) electrons. The Labute approximate surface area is 126 Å². The van der Waals surface area contributed by atoms with Gasteiger partial charge in [-0.25, -0.2) is 0 Å². The number of methoxy groups -OCH3 is 1. The van der Waals surface area contributed by atoms with Crippen LogP contribution in [0.15, 0.2) is 24.3 Å². The standard InChI is InChI=1S/C17H23NO3/c1-20-14-8-6-13(7-9-14)12-17(19)18-10-11-21-16-5-3-2-4-15(16)18/h6-9,15-16H,2-5,10-12H2,1H3/t15-,16-/m0/s1. The fourth-order valence-corrected chi connectivity index (χ4v) is 3.43. The van der Waals surface area contributed by atoms with Gasteiger partial charge in [0.25, 0.3) is 0 Å². The average molecular weight is 289 g/mol. The molecule has 1 aromatic carbocycles. The SMILES string of the molecule is COc1ccc(CC(=O)N2CCO[C@H]3CCCC[C@@H]32)cc1. The Kier molecular flexibility index (Phi) is 4.44. The van der Waals surface area contributed by atoms with Gasteiger partial charge in [0.05, 0.1) is 32.3 Å². The van der Waals surface area contributed by atoms with E-state index in [1.807, 2.05) is 24.3 Å². The van der Waals surface area contributed by atoms with Crippen molar-refractivity contribution >= 4 is 5.91 Å². The molecular weight excluding hydrogens is 266 g/mol. The quantitative estimate of drug-likeness (QED) is 0.857. The Hall–Kier alpha value is -1.55. The second kappa shape index (κ2) is 6.48. The summed E-state index contributed by atoms with van der Waals surface area (Å²) in [5, 5.41) is 0. The molecule has 1 saturated carbocycles. The summed E-state index contributed by atoms with van der Waals surface area (Å²) in [5.74, 6) is 1.05. The molecule has 4 heteroatoms. The van der Waals surface area contributed by atoms with Crippen molar-refractivity contribution in [2.45, 2.75) is 44.2 Å². The average Bonchev–Trinajstić information content (AvgIpc) is 2.55. The number of nitrogens with zero attached hydrogens (tertiary/aromatic N) is 1. The third kappa shape index (κ3) is 3.21. The van der Waals surface area contributed by atoms with Crippen LogP contribution in [0.1, 0.15) is 31.2 Å². The second-order valence-electron chi connectivity index (χ2n) is 5.87. The van der Waals surface area contributed by atoms with Crippen LogP contribution in [-0.2, 0) is 16.0 Å². The predicted octanol–water partition coefficient (Wildman–Crippen LogP) is 2.41. The fourth-order valence-electron chi connectivity index (χ4n) is 3.43. The molecule has 0 N–H and O–H groups in total. The number of hydrogen-bond donors (Lipinski definition) is 0. The van der Waals surface area contributed by atoms with Gasteiger partial charge in [-0.2, -0.15) is 0 Å². The van der Waals surface area contributed by atoms with Crippen LogP contribution in [0, 0.1) is 0 Å². The molecule has 1 aromatic rings. The molecule has 4 nitrogen and oxygen atoms in total. The van der Waals surface area contributed by atoms with E-state index >= 15 is 0 Å². The van der Waals surface area contributed by atoms with E-state index in [1.54, 1.807) is 7.11 Å². The van der Waals surface area contributed by atoms with Crippen molar-refractivity contribution in [2.24, 2.45) is 0 Å². The minimum absolute atomic E-state index is 0.223. The molecule has 1 saturated heterocycles. The predicted molar refractivity (Wildman–Crippen MR) is 80.4 cm³/mol. The third-order valence-electron chi connectivity index (χ3n) is 4.57. The van der Waals surface area contributed by atoms with Gasteiger partial charge in [-0.1, -0.05) is 25.0 Å². The fraction of sp³-hybridized carbons (Fsp3) is 0.588. The lowest BCUT2D eigenvalue weighted by Crippen LogP contribution is -2.55. The zero-order chi connectivity index (χ0) is 14.7. The van der Waals surface area contributed by atoms with E-state index in [1.165, 1.54) is 12.8 Å². The van der Waals surface area contributed by atoms with Gasteiger partial charge in [0.15, 0.2) is 0 Å². The first-order chi connectivity index (χ1) is 10.3. The van der Waals surface area contributed by atoms with E-state index in [9.17, 15) is 4.79 Å². The Morgan fingerprint density at radius 2 is 2.05 bits per heavy atom. The summed E-state index contributed by atoms with van der Waals surface area (Å²) in [4.78, 5) is 14.7. The van der Waals surface area contributed by atoms with Crippen molar-refractivity contribution in [1.82, 2.24) is 4.90 Å². The van der Waals surface area contributed by atoms with Crippen LogP contribution in [0.4, 0.5) is 0 Å². The Morgan fingerprint density at radius 1 is 1.29 bits per heavy atom. The maximum Gasteiger partial charge on any atom is 0.227 e. The van der Waals surface area contributed by atoms with E-state index in [-0.39, 0.29) is 12.0 Å². The van der Waals surface area contributed by atoms with Gasteiger partial charge in [0.2, 0.25) is 5.91 Å². The van der Waals surface area contributed by atoms with Crippen LogP contribution >= 0.6 is 0 Å². The van der Waals surface area contributed by atoms with Gasteiger partial charge < -0.3 is 14.4 Å². The number of ether oxygens (including phenoxy) is 2. The lowest BCUT2D eigenvalue weighted by molar-refractivity contribution is -0.148. The second-order valence-corrected chi connectivity index (χ2v) is 5.87. The summed E-state index contributed by atoms with van der Waals surface area (Å²) in [6, 6.07) is 8.04. The molecule has 1 aliphatic heterocycles. The maximum absolute atomic E-state index is 12.6. The minimum Gasteiger partial charge on any atom is -0.497 e. The summed E-state index contributed by atoms with van der Waals surface area (Å²) in [6.45, 7) is 1.41. The largest absolute Gasteiger partial charge is 0.497 e. The Bertz CT molecular complexity index is 483. The molecule has 114 valence electrons. The van der Waals surface area contributed by atoms with Gasteiger partial charge in [0, 0.05) is 6.54 Å². The lowest BCUT2D eigenvalue weighted by atomic mass is 9.90. The molecule has 0 bridgehead atoms. The van der Waals surface area contributed by atoms with Gasteiger partial charge >= 0.3 is 0 Å².